The van der Waals surface area contributed by atoms with Gasteiger partial charge in [-0.1, -0.05) is 6.07 Å². The van der Waals surface area contributed by atoms with Crippen LogP contribution in [-0.2, 0) is 9.47 Å². The minimum atomic E-state index is -0.484. The summed E-state index contributed by atoms with van der Waals surface area (Å²) in [7, 11) is 1.41. The van der Waals surface area contributed by atoms with Crippen LogP contribution in [0.2, 0.25) is 0 Å². The first-order valence-electron chi connectivity index (χ1n) is 10.1. The minimum Gasteiger partial charge on any atom is -0.465 e. The van der Waals surface area contributed by atoms with Crippen LogP contribution in [0.5, 0.6) is 0 Å². The highest BCUT2D eigenvalue weighted by Gasteiger charge is 2.28. The van der Waals surface area contributed by atoms with E-state index in [4.69, 9.17) is 9.47 Å². The molecule has 0 atom stereocenters. The topological polar surface area (TPSA) is 67.9 Å². The Bertz CT molecular complexity index is 688. The van der Waals surface area contributed by atoms with Crippen LogP contribution in [0.1, 0.15) is 69.3 Å². The molecule has 1 aliphatic rings. The number of amides is 1. The molecule has 1 fully saturated rings. The van der Waals surface area contributed by atoms with E-state index in [1.807, 2.05) is 33.8 Å². The summed E-state index contributed by atoms with van der Waals surface area (Å²) in [6, 6.07) is 6.31. The van der Waals surface area contributed by atoms with Crippen LogP contribution in [-0.4, -0.2) is 43.4 Å². The maximum Gasteiger partial charge on any atom is 0.407 e. The Kier molecular flexibility index (Phi) is 7.33. The van der Waals surface area contributed by atoms with E-state index in [1.54, 1.807) is 6.07 Å². The average molecular weight is 391 g/mol. The molecule has 1 aromatic rings. The minimum absolute atomic E-state index is 0.146. The lowest BCUT2D eigenvalue weighted by Gasteiger charge is -2.39. The van der Waals surface area contributed by atoms with Gasteiger partial charge in [-0.2, -0.15) is 0 Å². The highest BCUT2D eigenvalue weighted by molar-refractivity contribution is 5.92. The van der Waals surface area contributed by atoms with E-state index in [1.165, 1.54) is 7.11 Å². The fourth-order valence-electron chi connectivity index (χ4n) is 3.90. The fourth-order valence-corrected chi connectivity index (χ4v) is 3.90. The second-order valence-electron chi connectivity index (χ2n) is 8.38. The summed E-state index contributed by atoms with van der Waals surface area (Å²) in [5.41, 5.74) is 2.15. The molecule has 1 N–H and O–H groups in total. The molecule has 1 amide bonds. The largest absolute Gasteiger partial charge is 0.465 e. The maximum atomic E-state index is 12.0. The summed E-state index contributed by atoms with van der Waals surface area (Å²) in [5.74, 6) is -0.305. The number of ether oxygens (including phenoxy) is 2. The van der Waals surface area contributed by atoms with Gasteiger partial charge in [-0.15, -0.1) is 0 Å². The van der Waals surface area contributed by atoms with Gasteiger partial charge in [0.1, 0.15) is 5.60 Å². The van der Waals surface area contributed by atoms with E-state index >= 15 is 0 Å². The highest BCUT2D eigenvalue weighted by atomic mass is 16.6. The molecule has 1 aromatic carbocycles. The summed E-state index contributed by atoms with van der Waals surface area (Å²) < 4.78 is 10.3. The van der Waals surface area contributed by atoms with E-state index in [-0.39, 0.29) is 18.1 Å². The van der Waals surface area contributed by atoms with Crippen LogP contribution in [0.25, 0.3) is 0 Å². The number of carbonyl (C=O) groups is 2. The van der Waals surface area contributed by atoms with Gasteiger partial charge in [-0.3, -0.25) is 0 Å². The summed E-state index contributed by atoms with van der Waals surface area (Å²) in [4.78, 5) is 26.4. The Hall–Kier alpha value is -2.24. The van der Waals surface area contributed by atoms with Crippen LogP contribution in [0, 0.1) is 6.92 Å². The first-order valence-corrected chi connectivity index (χ1v) is 10.1. The smallest absolute Gasteiger partial charge is 0.407 e. The molecule has 2 rings (SSSR count). The van der Waals surface area contributed by atoms with Crippen molar-refractivity contribution in [2.45, 2.75) is 78.0 Å². The van der Waals surface area contributed by atoms with Gasteiger partial charge < -0.3 is 19.7 Å². The van der Waals surface area contributed by atoms with Crippen LogP contribution in [0.3, 0.4) is 0 Å². The number of rotatable bonds is 5. The number of nitrogens with zero attached hydrogens (tertiary/aromatic N) is 1. The normalized spacial score (nSPS) is 19.6. The molecule has 0 aliphatic heterocycles. The quantitative estimate of drug-likeness (QED) is 0.753. The molecule has 1 aliphatic carbocycles. The Morgan fingerprint density at radius 3 is 2.36 bits per heavy atom. The first-order chi connectivity index (χ1) is 13.2. The second kappa shape index (κ2) is 9.30. The van der Waals surface area contributed by atoms with Crippen LogP contribution in [0.15, 0.2) is 18.2 Å². The molecule has 28 heavy (non-hydrogen) atoms. The zero-order chi connectivity index (χ0) is 20.9. The van der Waals surface area contributed by atoms with Gasteiger partial charge >= 0.3 is 12.1 Å². The predicted molar refractivity (Wildman–Crippen MR) is 111 cm³/mol. The lowest BCUT2D eigenvalue weighted by Crippen LogP contribution is -2.45. The number of benzene rings is 1. The number of esters is 1. The van der Waals surface area contributed by atoms with E-state index in [0.717, 1.165) is 43.5 Å². The van der Waals surface area contributed by atoms with Crippen molar-refractivity contribution >= 4 is 17.7 Å². The van der Waals surface area contributed by atoms with Crippen LogP contribution in [0.4, 0.5) is 10.5 Å². The van der Waals surface area contributed by atoms with Crippen molar-refractivity contribution in [1.29, 1.82) is 0 Å². The van der Waals surface area contributed by atoms with Crippen LogP contribution < -0.4 is 10.2 Å². The fraction of sp³-hybridized carbons (Fsp3) is 0.636. The molecule has 1 saturated carbocycles. The molecular formula is C22H34N2O4. The molecule has 0 radical (unpaired) electrons. The number of carbonyl (C=O) groups excluding carboxylic acids is 2. The van der Waals surface area contributed by atoms with Crippen molar-refractivity contribution in [1.82, 2.24) is 5.32 Å². The number of methoxy groups -OCH3 is 1. The average Bonchev–Trinajstić information content (AvgIpc) is 2.62. The first kappa shape index (κ1) is 22.1. The Morgan fingerprint density at radius 1 is 1.18 bits per heavy atom. The van der Waals surface area contributed by atoms with Gasteiger partial charge in [0.2, 0.25) is 0 Å². The third-order valence-corrected chi connectivity index (χ3v) is 5.22. The SMILES string of the molecule is CCN(c1cccc(C(=O)OC)c1C)C1CCC(NC(=O)OC(C)(C)C)CC1. The monoisotopic (exact) mass is 390 g/mol. The summed E-state index contributed by atoms with van der Waals surface area (Å²) in [5, 5.41) is 2.99. The Morgan fingerprint density at radius 2 is 1.82 bits per heavy atom. The van der Waals surface area contributed by atoms with Gasteiger partial charge in [-0.25, -0.2) is 9.59 Å². The highest BCUT2D eigenvalue weighted by Crippen LogP contribution is 2.31. The molecule has 0 bridgehead atoms. The second-order valence-corrected chi connectivity index (χ2v) is 8.38. The summed E-state index contributed by atoms with van der Waals surface area (Å²) in [6.07, 6.45) is 3.45. The van der Waals surface area contributed by atoms with E-state index in [9.17, 15) is 9.59 Å². The zero-order valence-corrected chi connectivity index (χ0v) is 18.0. The van der Waals surface area contributed by atoms with Crippen molar-refractivity contribution in [3.8, 4) is 0 Å². The van der Waals surface area contributed by atoms with Gasteiger partial charge in [-0.05, 0) is 78.0 Å². The third-order valence-electron chi connectivity index (χ3n) is 5.22. The van der Waals surface area contributed by atoms with Gasteiger partial charge in [0.15, 0.2) is 0 Å². The molecule has 6 nitrogen and oxygen atoms in total. The molecule has 0 saturated heterocycles. The van der Waals surface area contributed by atoms with E-state index in [0.29, 0.717) is 11.6 Å². The number of hydrogen-bond acceptors (Lipinski definition) is 5. The standard InChI is InChI=1S/C22H34N2O4/c1-7-24(19-10-8-9-18(15(19)2)20(25)27-6)17-13-11-16(12-14-17)23-21(26)28-22(3,4)5/h8-10,16-17H,7,11-14H2,1-6H3,(H,23,26). The third kappa shape index (κ3) is 5.63. The maximum absolute atomic E-state index is 12.0. The van der Waals surface area contributed by atoms with Gasteiger partial charge in [0.25, 0.3) is 0 Å². The van der Waals surface area contributed by atoms with Crippen molar-refractivity contribution in [3.63, 3.8) is 0 Å². The molecule has 0 spiro atoms. The van der Waals surface area contributed by atoms with Crippen LogP contribution >= 0.6 is 0 Å². The van der Waals surface area contributed by atoms with Crippen molar-refractivity contribution in [2.24, 2.45) is 0 Å². The van der Waals surface area contributed by atoms with Crippen molar-refractivity contribution in [2.75, 3.05) is 18.6 Å². The molecule has 6 heteroatoms. The van der Waals surface area contributed by atoms with E-state index in [2.05, 4.69) is 23.2 Å². The molecule has 0 heterocycles. The molecule has 156 valence electrons. The number of nitrogens with one attached hydrogen (secondary N) is 1. The predicted octanol–water partition coefficient (Wildman–Crippen LogP) is 4.44. The zero-order valence-electron chi connectivity index (χ0n) is 18.0. The number of anilines is 1. The summed E-state index contributed by atoms with van der Waals surface area (Å²) >= 11 is 0. The Labute approximate surface area is 168 Å². The Balaban J connectivity index is 2.03. The molecular weight excluding hydrogens is 356 g/mol. The summed E-state index contributed by atoms with van der Waals surface area (Å²) in [6.45, 7) is 10.6. The van der Waals surface area contributed by atoms with Crippen molar-refractivity contribution in [3.05, 3.63) is 29.3 Å². The van der Waals surface area contributed by atoms with Gasteiger partial charge in [0, 0.05) is 24.3 Å². The number of alkyl carbamates (subject to hydrolysis) is 1. The van der Waals surface area contributed by atoms with Gasteiger partial charge in [0.05, 0.1) is 12.7 Å². The lowest BCUT2D eigenvalue weighted by atomic mass is 9.89. The molecule has 0 unspecified atom stereocenters. The van der Waals surface area contributed by atoms with E-state index < -0.39 is 5.60 Å². The molecule has 0 aromatic heterocycles. The number of hydrogen-bond donors (Lipinski definition) is 1. The lowest BCUT2D eigenvalue weighted by molar-refractivity contribution is 0.0490. The van der Waals surface area contributed by atoms with Crippen molar-refractivity contribution < 1.29 is 19.1 Å².